The molecule has 0 aromatic heterocycles. The lowest BCUT2D eigenvalue weighted by atomic mass is 9.69. The Morgan fingerprint density at radius 2 is 1.74 bits per heavy atom. The summed E-state index contributed by atoms with van der Waals surface area (Å²) in [5.41, 5.74) is 5.04. The van der Waals surface area contributed by atoms with E-state index >= 15 is 0 Å². The van der Waals surface area contributed by atoms with Crippen LogP contribution in [0, 0.1) is 0 Å². The summed E-state index contributed by atoms with van der Waals surface area (Å²) in [5.74, 6) is 1.62. The lowest BCUT2D eigenvalue weighted by Crippen LogP contribution is -2.20. The first-order valence-corrected chi connectivity index (χ1v) is 9.29. The average Bonchev–Trinajstić information content (AvgIpc) is 2.72. The van der Waals surface area contributed by atoms with Gasteiger partial charge in [-0.3, -0.25) is 4.79 Å². The molecule has 0 spiro atoms. The van der Waals surface area contributed by atoms with Crippen molar-refractivity contribution >= 4 is 6.29 Å². The SMILES string of the molecule is O=CCOc1ccc([C@@H]2c3ccc(O)cc3CC[C@@H]2c2ccccc2)cc1. The molecule has 0 unspecified atom stereocenters. The molecule has 0 saturated heterocycles. The minimum Gasteiger partial charge on any atom is -0.508 e. The Hall–Kier alpha value is -3.07. The minimum absolute atomic E-state index is 0.0670. The Labute approximate surface area is 159 Å². The standard InChI is InChI=1S/C24H22O3/c25-14-15-27-21-10-6-18(7-11-21)24-22(17-4-2-1-3-5-17)12-8-19-16-20(26)9-13-23(19)24/h1-7,9-11,13-14,16,22,24,26H,8,12,15H2/t22-,24+/m1/s1. The number of benzene rings is 3. The molecule has 3 heteroatoms. The Kier molecular flexibility index (Phi) is 4.93. The third kappa shape index (κ3) is 3.59. The van der Waals surface area contributed by atoms with Crippen LogP contribution in [-0.2, 0) is 11.2 Å². The van der Waals surface area contributed by atoms with Crippen LogP contribution in [0.2, 0.25) is 0 Å². The molecule has 1 N–H and O–H groups in total. The molecular formula is C24H22O3. The van der Waals surface area contributed by atoms with E-state index in [1.54, 1.807) is 6.07 Å². The van der Waals surface area contributed by atoms with Crippen LogP contribution < -0.4 is 4.74 Å². The number of rotatable bonds is 5. The number of carbonyl (C=O) groups is 1. The van der Waals surface area contributed by atoms with Gasteiger partial charge in [0.1, 0.15) is 18.1 Å². The largest absolute Gasteiger partial charge is 0.508 e. The van der Waals surface area contributed by atoms with Crippen molar-refractivity contribution in [2.75, 3.05) is 6.61 Å². The van der Waals surface area contributed by atoms with Gasteiger partial charge in [0.25, 0.3) is 0 Å². The molecule has 0 saturated carbocycles. The van der Waals surface area contributed by atoms with Crippen LogP contribution in [0.15, 0.2) is 72.8 Å². The van der Waals surface area contributed by atoms with Gasteiger partial charge in [-0.05, 0) is 65.3 Å². The fraction of sp³-hybridized carbons (Fsp3) is 0.208. The van der Waals surface area contributed by atoms with Crippen molar-refractivity contribution in [3.63, 3.8) is 0 Å². The molecule has 2 atom stereocenters. The van der Waals surface area contributed by atoms with Crippen LogP contribution in [0.5, 0.6) is 11.5 Å². The Bertz CT molecular complexity index is 916. The summed E-state index contributed by atoms with van der Waals surface area (Å²) in [6.07, 6.45) is 2.75. The number of hydrogen-bond donors (Lipinski definition) is 1. The van der Waals surface area contributed by atoms with Gasteiger partial charge in [-0.2, -0.15) is 0 Å². The van der Waals surface area contributed by atoms with Gasteiger partial charge in [0.2, 0.25) is 0 Å². The van der Waals surface area contributed by atoms with Crippen molar-refractivity contribution in [2.24, 2.45) is 0 Å². The molecule has 4 rings (SSSR count). The Morgan fingerprint density at radius 3 is 2.48 bits per heavy atom. The number of aldehydes is 1. The second-order valence-corrected chi connectivity index (χ2v) is 6.96. The van der Waals surface area contributed by atoms with E-state index in [1.165, 1.54) is 22.3 Å². The predicted molar refractivity (Wildman–Crippen MR) is 105 cm³/mol. The van der Waals surface area contributed by atoms with E-state index in [0.29, 0.717) is 17.4 Å². The van der Waals surface area contributed by atoms with Crippen LogP contribution in [0.25, 0.3) is 0 Å². The molecule has 3 aromatic carbocycles. The van der Waals surface area contributed by atoms with Gasteiger partial charge < -0.3 is 9.84 Å². The first-order valence-electron chi connectivity index (χ1n) is 9.29. The van der Waals surface area contributed by atoms with E-state index < -0.39 is 0 Å². The molecule has 1 aliphatic carbocycles. The normalized spacial score (nSPS) is 18.5. The number of aromatic hydroxyl groups is 1. The zero-order valence-electron chi connectivity index (χ0n) is 15.0. The maximum atomic E-state index is 10.5. The molecule has 0 radical (unpaired) electrons. The van der Waals surface area contributed by atoms with Crippen LogP contribution >= 0.6 is 0 Å². The Balaban J connectivity index is 1.75. The van der Waals surface area contributed by atoms with Gasteiger partial charge >= 0.3 is 0 Å². The number of fused-ring (bicyclic) bond motifs is 1. The van der Waals surface area contributed by atoms with Gasteiger partial charge in [-0.15, -0.1) is 0 Å². The number of phenolic OH excluding ortho intramolecular Hbond substituents is 1. The summed E-state index contributed by atoms with van der Waals surface area (Å²) in [4.78, 5) is 10.5. The highest BCUT2D eigenvalue weighted by molar-refractivity contribution is 5.52. The lowest BCUT2D eigenvalue weighted by molar-refractivity contribution is -0.109. The van der Waals surface area contributed by atoms with Crippen molar-refractivity contribution < 1.29 is 14.6 Å². The van der Waals surface area contributed by atoms with Crippen molar-refractivity contribution in [1.82, 2.24) is 0 Å². The van der Waals surface area contributed by atoms with E-state index in [0.717, 1.165) is 19.1 Å². The number of aryl methyl sites for hydroxylation is 1. The second kappa shape index (κ2) is 7.67. The van der Waals surface area contributed by atoms with Gasteiger partial charge in [0.05, 0.1) is 0 Å². The fourth-order valence-corrected chi connectivity index (χ4v) is 4.18. The number of ether oxygens (including phenoxy) is 1. The van der Waals surface area contributed by atoms with E-state index in [-0.39, 0.29) is 12.5 Å². The maximum absolute atomic E-state index is 10.5. The number of phenols is 1. The third-order valence-electron chi connectivity index (χ3n) is 5.37. The zero-order valence-corrected chi connectivity index (χ0v) is 15.0. The molecular weight excluding hydrogens is 336 g/mol. The number of carbonyl (C=O) groups excluding carboxylic acids is 1. The van der Waals surface area contributed by atoms with Crippen molar-refractivity contribution in [1.29, 1.82) is 0 Å². The summed E-state index contributed by atoms with van der Waals surface area (Å²) in [6, 6.07) is 24.4. The summed E-state index contributed by atoms with van der Waals surface area (Å²) in [7, 11) is 0. The van der Waals surface area contributed by atoms with E-state index in [1.807, 2.05) is 24.3 Å². The van der Waals surface area contributed by atoms with Crippen molar-refractivity contribution in [3.05, 3.63) is 95.1 Å². The van der Waals surface area contributed by atoms with E-state index in [2.05, 4.69) is 42.5 Å². The van der Waals surface area contributed by atoms with Crippen LogP contribution in [0.4, 0.5) is 0 Å². The quantitative estimate of drug-likeness (QED) is 0.665. The van der Waals surface area contributed by atoms with Crippen molar-refractivity contribution in [2.45, 2.75) is 24.7 Å². The highest BCUT2D eigenvalue weighted by Crippen LogP contribution is 2.47. The monoisotopic (exact) mass is 358 g/mol. The second-order valence-electron chi connectivity index (χ2n) is 6.96. The van der Waals surface area contributed by atoms with Crippen LogP contribution in [0.3, 0.4) is 0 Å². The molecule has 0 bridgehead atoms. The highest BCUT2D eigenvalue weighted by Gasteiger charge is 2.32. The Morgan fingerprint density at radius 1 is 0.963 bits per heavy atom. The van der Waals surface area contributed by atoms with Gasteiger partial charge in [-0.1, -0.05) is 48.5 Å². The topological polar surface area (TPSA) is 46.5 Å². The first kappa shape index (κ1) is 17.3. The molecule has 136 valence electrons. The van der Waals surface area contributed by atoms with E-state index in [9.17, 15) is 9.90 Å². The first-order chi connectivity index (χ1) is 13.3. The van der Waals surface area contributed by atoms with Crippen molar-refractivity contribution in [3.8, 4) is 11.5 Å². The summed E-state index contributed by atoms with van der Waals surface area (Å²) in [5, 5.41) is 9.90. The minimum atomic E-state index is 0.0670. The summed E-state index contributed by atoms with van der Waals surface area (Å²) in [6.45, 7) is 0.0670. The fourth-order valence-electron chi connectivity index (χ4n) is 4.18. The summed E-state index contributed by atoms with van der Waals surface area (Å²) >= 11 is 0. The molecule has 1 aliphatic rings. The molecule has 3 aromatic rings. The molecule has 0 heterocycles. The van der Waals surface area contributed by atoms with Gasteiger partial charge in [-0.25, -0.2) is 0 Å². The third-order valence-corrected chi connectivity index (χ3v) is 5.37. The van der Waals surface area contributed by atoms with Crippen LogP contribution in [-0.4, -0.2) is 18.0 Å². The van der Waals surface area contributed by atoms with Gasteiger partial charge in [0.15, 0.2) is 6.29 Å². The molecule has 3 nitrogen and oxygen atoms in total. The smallest absolute Gasteiger partial charge is 0.157 e. The molecule has 0 amide bonds. The molecule has 27 heavy (non-hydrogen) atoms. The zero-order chi connectivity index (χ0) is 18.6. The maximum Gasteiger partial charge on any atom is 0.157 e. The molecule has 0 aliphatic heterocycles. The molecule has 0 fully saturated rings. The number of hydrogen-bond acceptors (Lipinski definition) is 3. The predicted octanol–water partition coefficient (Wildman–Crippen LogP) is 4.83. The van der Waals surface area contributed by atoms with Gasteiger partial charge in [0, 0.05) is 5.92 Å². The lowest BCUT2D eigenvalue weighted by Gasteiger charge is -2.34. The highest BCUT2D eigenvalue weighted by atomic mass is 16.5. The van der Waals surface area contributed by atoms with Crippen LogP contribution in [0.1, 0.15) is 40.5 Å². The van der Waals surface area contributed by atoms with E-state index in [4.69, 9.17) is 4.74 Å². The average molecular weight is 358 g/mol. The summed E-state index contributed by atoms with van der Waals surface area (Å²) < 4.78 is 5.39.